The Kier molecular flexibility index (Phi) is 4.20. The van der Waals surface area contributed by atoms with Crippen molar-refractivity contribution in [3.05, 3.63) is 34.3 Å². The minimum absolute atomic E-state index is 0.185. The van der Waals surface area contributed by atoms with Gasteiger partial charge in [0.05, 0.1) is 10.6 Å². The lowest BCUT2D eigenvalue weighted by molar-refractivity contribution is 0.0954. The van der Waals surface area contributed by atoms with Crippen LogP contribution >= 0.6 is 11.6 Å². The van der Waals surface area contributed by atoms with Gasteiger partial charge >= 0.3 is 0 Å². The number of aryl methyl sites for hydroxylation is 1. The van der Waals surface area contributed by atoms with Gasteiger partial charge in [-0.05, 0) is 24.6 Å². The number of hydrogen-bond acceptors (Lipinski definition) is 1. The first-order valence-electron chi connectivity index (χ1n) is 4.63. The van der Waals surface area contributed by atoms with Gasteiger partial charge < -0.3 is 5.32 Å². The fourth-order valence-corrected chi connectivity index (χ4v) is 1.47. The van der Waals surface area contributed by atoms with E-state index in [1.54, 1.807) is 12.1 Å². The van der Waals surface area contributed by atoms with Gasteiger partial charge in [-0.25, -0.2) is 0 Å². The average molecular weight is 222 g/mol. The Bertz CT molecular complexity index is 407. The molecule has 0 bridgehead atoms. The molecule has 1 N–H and O–H groups in total. The van der Waals surface area contributed by atoms with Crippen molar-refractivity contribution in [3.8, 4) is 12.3 Å². The number of nitrogens with one attached hydrogen (secondary N) is 1. The van der Waals surface area contributed by atoms with Crippen LogP contribution in [0.4, 0.5) is 0 Å². The molecule has 0 radical (unpaired) electrons. The van der Waals surface area contributed by atoms with Crippen molar-refractivity contribution in [3.63, 3.8) is 0 Å². The third-order valence-electron chi connectivity index (χ3n) is 1.92. The minimum Gasteiger partial charge on any atom is -0.351 e. The molecule has 0 spiro atoms. The number of halogens is 1. The zero-order chi connectivity index (χ0) is 11.3. The van der Waals surface area contributed by atoms with E-state index in [9.17, 15) is 4.79 Å². The van der Waals surface area contributed by atoms with E-state index in [2.05, 4.69) is 11.2 Å². The summed E-state index contributed by atoms with van der Waals surface area (Å²) in [4.78, 5) is 11.6. The van der Waals surface area contributed by atoms with Gasteiger partial charge in [0.2, 0.25) is 0 Å². The van der Waals surface area contributed by atoms with Crippen LogP contribution in [0.1, 0.15) is 22.3 Å². The molecular weight excluding hydrogens is 210 g/mol. The zero-order valence-corrected chi connectivity index (χ0v) is 9.27. The first-order chi connectivity index (χ1) is 7.15. The first-order valence-corrected chi connectivity index (χ1v) is 5.00. The fourth-order valence-electron chi connectivity index (χ4n) is 1.15. The van der Waals surface area contributed by atoms with Crippen molar-refractivity contribution >= 4 is 17.5 Å². The van der Waals surface area contributed by atoms with Gasteiger partial charge in [-0.3, -0.25) is 4.79 Å². The van der Waals surface area contributed by atoms with Crippen LogP contribution in [0.15, 0.2) is 18.2 Å². The largest absolute Gasteiger partial charge is 0.351 e. The predicted molar refractivity (Wildman–Crippen MR) is 62.0 cm³/mol. The lowest BCUT2D eigenvalue weighted by Gasteiger charge is -2.05. The maximum Gasteiger partial charge on any atom is 0.252 e. The van der Waals surface area contributed by atoms with Gasteiger partial charge in [0.15, 0.2) is 0 Å². The molecule has 0 heterocycles. The van der Waals surface area contributed by atoms with Gasteiger partial charge in [0.1, 0.15) is 0 Å². The Morgan fingerprint density at radius 3 is 2.93 bits per heavy atom. The molecule has 15 heavy (non-hydrogen) atoms. The van der Waals surface area contributed by atoms with Crippen molar-refractivity contribution in [1.29, 1.82) is 0 Å². The molecule has 1 rings (SSSR count). The van der Waals surface area contributed by atoms with E-state index < -0.39 is 0 Å². The summed E-state index contributed by atoms with van der Waals surface area (Å²) in [5, 5.41) is 3.16. The fraction of sp³-hybridized carbons (Fsp3) is 0.250. The molecule has 0 fully saturated rings. The lowest BCUT2D eigenvalue weighted by atomic mass is 10.1. The third kappa shape index (κ3) is 3.30. The Hall–Kier alpha value is -1.46. The molecular formula is C12H12ClNO. The molecule has 2 nitrogen and oxygen atoms in total. The molecule has 3 heteroatoms. The molecule has 1 amide bonds. The van der Waals surface area contributed by atoms with E-state index in [1.165, 1.54) is 0 Å². The number of amides is 1. The van der Waals surface area contributed by atoms with Gasteiger partial charge in [-0.1, -0.05) is 17.7 Å². The maximum absolute atomic E-state index is 11.6. The molecule has 0 aliphatic rings. The number of carbonyl (C=O) groups excluding carboxylic acids is 1. The second kappa shape index (κ2) is 5.43. The molecule has 1 aromatic carbocycles. The van der Waals surface area contributed by atoms with E-state index in [0.717, 1.165) is 5.56 Å². The Labute approximate surface area is 94.6 Å². The normalized spacial score (nSPS) is 9.40. The van der Waals surface area contributed by atoms with E-state index in [0.29, 0.717) is 23.6 Å². The molecule has 0 aliphatic carbocycles. The zero-order valence-electron chi connectivity index (χ0n) is 8.51. The van der Waals surface area contributed by atoms with E-state index in [1.807, 2.05) is 13.0 Å². The predicted octanol–water partition coefficient (Wildman–Crippen LogP) is 2.40. The van der Waals surface area contributed by atoms with Crippen LogP contribution in [-0.4, -0.2) is 12.5 Å². The highest BCUT2D eigenvalue weighted by atomic mass is 35.5. The summed E-state index contributed by atoms with van der Waals surface area (Å²) in [5.74, 6) is 2.27. The summed E-state index contributed by atoms with van der Waals surface area (Å²) in [6.45, 7) is 2.39. The van der Waals surface area contributed by atoms with Crippen molar-refractivity contribution in [2.75, 3.05) is 6.54 Å². The highest BCUT2D eigenvalue weighted by molar-refractivity contribution is 6.33. The standard InChI is InChI=1S/C12H12ClNO/c1-3-4-7-14-12(15)10-6-5-9(2)8-11(10)13/h1,5-6,8H,4,7H2,2H3,(H,14,15). The Morgan fingerprint density at radius 2 is 2.33 bits per heavy atom. The van der Waals surface area contributed by atoms with Crippen molar-refractivity contribution < 1.29 is 4.79 Å². The van der Waals surface area contributed by atoms with E-state index in [-0.39, 0.29) is 5.91 Å². The van der Waals surface area contributed by atoms with Crippen molar-refractivity contribution in [2.24, 2.45) is 0 Å². The summed E-state index contributed by atoms with van der Waals surface area (Å²) in [6, 6.07) is 5.32. The summed E-state index contributed by atoms with van der Waals surface area (Å²) in [7, 11) is 0. The summed E-state index contributed by atoms with van der Waals surface area (Å²) in [5.41, 5.74) is 1.51. The molecule has 0 aliphatic heterocycles. The maximum atomic E-state index is 11.6. The minimum atomic E-state index is -0.185. The molecule has 1 aromatic rings. The number of benzene rings is 1. The van der Waals surface area contributed by atoms with E-state index in [4.69, 9.17) is 18.0 Å². The van der Waals surface area contributed by atoms with Crippen molar-refractivity contribution in [1.82, 2.24) is 5.32 Å². The summed E-state index contributed by atoms with van der Waals surface area (Å²) >= 11 is 5.94. The molecule has 0 aromatic heterocycles. The lowest BCUT2D eigenvalue weighted by Crippen LogP contribution is -2.24. The molecule has 0 unspecified atom stereocenters. The summed E-state index contributed by atoms with van der Waals surface area (Å²) in [6.07, 6.45) is 5.60. The van der Waals surface area contributed by atoms with Gasteiger partial charge in [0.25, 0.3) is 5.91 Å². The van der Waals surface area contributed by atoms with Crippen LogP contribution in [-0.2, 0) is 0 Å². The number of terminal acetylenes is 1. The highest BCUT2D eigenvalue weighted by Gasteiger charge is 2.08. The molecule has 0 saturated carbocycles. The van der Waals surface area contributed by atoms with Crippen molar-refractivity contribution in [2.45, 2.75) is 13.3 Å². The average Bonchev–Trinajstić information content (AvgIpc) is 2.17. The van der Waals surface area contributed by atoms with Crippen LogP contribution < -0.4 is 5.32 Å². The summed E-state index contributed by atoms with van der Waals surface area (Å²) < 4.78 is 0. The monoisotopic (exact) mass is 221 g/mol. The van der Waals surface area contributed by atoms with Crippen LogP contribution in [0.3, 0.4) is 0 Å². The first kappa shape index (κ1) is 11.6. The number of carbonyl (C=O) groups is 1. The Balaban J connectivity index is 2.70. The van der Waals surface area contributed by atoms with Crippen LogP contribution in [0, 0.1) is 19.3 Å². The smallest absolute Gasteiger partial charge is 0.252 e. The molecule has 78 valence electrons. The highest BCUT2D eigenvalue weighted by Crippen LogP contribution is 2.17. The second-order valence-corrected chi connectivity index (χ2v) is 3.60. The molecule has 0 saturated heterocycles. The SMILES string of the molecule is C#CCCNC(=O)c1ccc(C)cc1Cl. The van der Waals surface area contributed by atoms with Crippen LogP contribution in [0.2, 0.25) is 5.02 Å². The van der Waals surface area contributed by atoms with Gasteiger partial charge in [-0.15, -0.1) is 12.3 Å². The quantitative estimate of drug-likeness (QED) is 0.617. The Morgan fingerprint density at radius 1 is 1.60 bits per heavy atom. The number of rotatable bonds is 3. The second-order valence-electron chi connectivity index (χ2n) is 3.19. The van der Waals surface area contributed by atoms with Gasteiger partial charge in [-0.2, -0.15) is 0 Å². The van der Waals surface area contributed by atoms with Crippen LogP contribution in [0.25, 0.3) is 0 Å². The topological polar surface area (TPSA) is 29.1 Å². The number of hydrogen-bond donors (Lipinski definition) is 1. The third-order valence-corrected chi connectivity index (χ3v) is 2.24. The van der Waals surface area contributed by atoms with Crippen LogP contribution in [0.5, 0.6) is 0 Å². The van der Waals surface area contributed by atoms with Gasteiger partial charge in [0, 0.05) is 13.0 Å². The van der Waals surface area contributed by atoms with E-state index >= 15 is 0 Å². The molecule has 0 atom stereocenters.